The van der Waals surface area contributed by atoms with Gasteiger partial charge in [-0.2, -0.15) is 0 Å². The summed E-state index contributed by atoms with van der Waals surface area (Å²) < 4.78 is 0. The number of hydrogen-bond acceptors (Lipinski definition) is 3. The van der Waals surface area contributed by atoms with E-state index in [1.165, 1.54) is 18.2 Å². The van der Waals surface area contributed by atoms with E-state index in [1.54, 1.807) is 13.0 Å². The number of rotatable bonds is 3. The van der Waals surface area contributed by atoms with Crippen molar-refractivity contribution in [1.82, 2.24) is 5.32 Å². The molecular formula is C11H13NO3. The first-order chi connectivity index (χ1) is 7.04. The molecule has 0 aromatic heterocycles. The zero-order valence-electron chi connectivity index (χ0n) is 8.40. The highest BCUT2D eigenvalue weighted by Crippen LogP contribution is 2.21. The van der Waals surface area contributed by atoms with Crippen molar-refractivity contribution < 1.29 is 15.0 Å². The summed E-state index contributed by atoms with van der Waals surface area (Å²) in [6.07, 6.45) is 1.57. The Morgan fingerprint density at radius 2 is 2.20 bits per heavy atom. The van der Waals surface area contributed by atoms with Gasteiger partial charge in [-0.1, -0.05) is 6.08 Å². The topological polar surface area (TPSA) is 69.6 Å². The summed E-state index contributed by atoms with van der Waals surface area (Å²) in [6, 6.07) is 3.59. The van der Waals surface area contributed by atoms with Gasteiger partial charge >= 0.3 is 0 Å². The maximum atomic E-state index is 11.6. The third-order valence-electron chi connectivity index (χ3n) is 1.94. The molecule has 1 aromatic carbocycles. The van der Waals surface area contributed by atoms with Crippen molar-refractivity contribution in [3.8, 4) is 11.5 Å². The van der Waals surface area contributed by atoms with Gasteiger partial charge in [-0.3, -0.25) is 4.79 Å². The van der Waals surface area contributed by atoms with E-state index in [9.17, 15) is 9.90 Å². The molecule has 0 spiro atoms. The number of benzene rings is 1. The summed E-state index contributed by atoms with van der Waals surface area (Å²) in [6.45, 7) is 5.28. The molecular weight excluding hydrogens is 194 g/mol. The van der Waals surface area contributed by atoms with Crippen LogP contribution in [0.15, 0.2) is 30.9 Å². The molecule has 0 fully saturated rings. The molecule has 0 aliphatic heterocycles. The van der Waals surface area contributed by atoms with Crippen LogP contribution >= 0.6 is 0 Å². The predicted molar refractivity (Wildman–Crippen MR) is 56.9 cm³/mol. The highest BCUT2D eigenvalue weighted by molar-refractivity contribution is 5.97. The van der Waals surface area contributed by atoms with Crippen molar-refractivity contribution >= 4 is 5.91 Å². The maximum Gasteiger partial charge on any atom is 0.255 e. The van der Waals surface area contributed by atoms with Gasteiger partial charge in [-0.05, 0) is 25.1 Å². The first-order valence-corrected chi connectivity index (χ1v) is 4.50. The van der Waals surface area contributed by atoms with Gasteiger partial charge in [0.1, 0.15) is 11.5 Å². The first-order valence-electron chi connectivity index (χ1n) is 4.50. The average Bonchev–Trinajstić information content (AvgIpc) is 2.21. The number of carbonyl (C=O) groups is 1. The number of carbonyl (C=O) groups excluding carboxylic acids is 1. The largest absolute Gasteiger partial charge is 0.508 e. The van der Waals surface area contributed by atoms with Gasteiger partial charge in [0.05, 0.1) is 5.56 Å². The van der Waals surface area contributed by atoms with E-state index in [2.05, 4.69) is 11.9 Å². The Bertz CT molecular complexity index is 387. The second-order valence-electron chi connectivity index (χ2n) is 3.20. The van der Waals surface area contributed by atoms with Gasteiger partial charge in [-0.25, -0.2) is 0 Å². The van der Waals surface area contributed by atoms with E-state index < -0.39 is 5.91 Å². The molecule has 0 aliphatic carbocycles. The highest BCUT2D eigenvalue weighted by Gasteiger charge is 2.12. The minimum absolute atomic E-state index is 0.0451. The Hall–Kier alpha value is -1.97. The molecule has 4 heteroatoms. The lowest BCUT2D eigenvalue weighted by Crippen LogP contribution is -2.30. The van der Waals surface area contributed by atoms with E-state index in [0.29, 0.717) is 0 Å². The number of nitrogens with one attached hydrogen (secondary N) is 1. The fourth-order valence-corrected chi connectivity index (χ4v) is 1.05. The maximum absolute atomic E-state index is 11.6. The number of amides is 1. The molecule has 80 valence electrons. The Kier molecular flexibility index (Phi) is 3.33. The molecule has 1 amide bonds. The van der Waals surface area contributed by atoms with Crippen LogP contribution in [0.5, 0.6) is 11.5 Å². The Morgan fingerprint density at radius 1 is 1.53 bits per heavy atom. The van der Waals surface area contributed by atoms with Gasteiger partial charge in [0, 0.05) is 6.04 Å². The third kappa shape index (κ3) is 2.74. The van der Waals surface area contributed by atoms with E-state index >= 15 is 0 Å². The molecule has 15 heavy (non-hydrogen) atoms. The van der Waals surface area contributed by atoms with E-state index in [1.807, 2.05) is 0 Å². The van der Waals surface area contributed by atoms with Crippen LogP contribution in [0.4, 0.5) is 0 Å². The summed E-state index contributed by atoms with van der Waals surface area (Å²) in [4.78, 5) is 11.6. The van der Waals surface area contributed by atoms with Gasteiger partial charge in [0.15, 0.2) is 0 Å². The van der Waals surface area contributed by atoms with Gasteiger partial charge in [0.25, 0.3) is 5.91 Å². The molecule has 1 rings (SSSR count). The van der Waals surface area contributed by atoms with E-state index in [4.69, 9.17) is 5.11 Å². The lowest BCUT2D eigenvalue weighted by molar-refractivity contribution is 0.0944. The fraction of sp³-hybridized carbons (Fsp3) is 0.182. The minimum Gasteiger partial charge on any atom is -0.508 e. The normalized spacial score (nSPS) is 11.8. The van der Waals surface area contributed by atoms with Crippen molar-refractivity contribution in [3.63, 3.8) is 0 Å². The van der Waals surface area contributed by atoms with Crippen molar-refractivity contribution in [2.24, 2.45) is 0 Å². The molecule has 1 unspecified atom stereocenters. The van der Waals surface area contributed by atoms with E-state index in [-0.39, 0.29) is 23.1 Å². The quantitative estimate of drug-likeness (QED) is 0.518. The Balaban J connectivity index is 2.90. The minimum atomic E-state index is -0.448. The molecule has 0 saturated heterocycles. The monoisotopic (exact) mass is 207 g/mol. The standard InChI is InChI=1S/C11H13NO3/c1-3-7(2)12-11(15)9-6-8(13)4-5-10(9)14/h3-7,13-14H,1H2,2H3,(H,12,15). The van der Waals surface area contributed by atoms with Crippen LogP contribution in [0.3, 0.4) is 0 Å². The summed E-state index contributed by atoms with van der Waals surface area (Å²) in [7, 11) is 0. The summed E-state index contributed by atoms with van der Waals surface area (Å²) in [5, 5.41) is 21.1. The first kappa shape index (κ1) is 11.1. The molecule has 1 aromatic rings. The van der Waals surface area contributed by atoms with Crippen LogP contribution in [-0.4, -0.2) is 22.2 Å². The van der Waals surface area contributed by atoms with Crippen LogP contribution < -0.4 is 5.32 Å². The zero-order valence-corrected chi connectivity index (χ0v) is 8.40. The van der Waals surface area contributed by atoms with Crippen molar-refractivity contribution in [3.05, 3.63) is 36.4 Å². The second-order valence-corrected chi connectivity index (χ2v) is 3.20. The van der Waals surface area contributed by atoms with Gasteiger partial charge < -0.3 is 15.5 Å². The summed E-state index contributed by atoms with van der Waals surface area (Å²) in [5.74, 6) is -0.679. The molecule has 1 atom stereocenters. The van der Waals surface area contributed by atoms with Crippen LogP contribution in [0.25, 0.3) is 0 Å². The average molecular weight is 207 g/mol. The van der Waals surface area contributed by atoms with Gasteiger partial charge in [0.2, 0.25) is 0 Å². The number of hydrogen-bond donors (Lipinski definition) is 3. The molecule has 0 heterocycles. The highest BCUT2D eigenvalue weighted by atomic mass is 16.3. The summed E-state index contributed by atoms with van der Waals surface area (Å²) >= 11 is 0. The predicted octanol–water partition coefficient (Wildman–Crippen LogP) is 1.40. The number of phenolic OH excluding ortho intramolecular Hbond substituents is 2. The van der Waals surface area contributed by atoms with Crippen molar-refractivity contribution in [2.45, 2.75) is 13.0 Å². The van der Waals surface area contributed by atoms with Crippen molar-refractivity contribution in [1.29, 1.82) is 0 Å². The molecule has 3 N–H and O–H groups in total. The fourth-order valence-electron chi connectivity index (χ4n) is 1.05. The molecule has 4 nitrogen and oxygen atoms in total. The molecule has 0 radical (unpaired) electrons. The van der Waals surface area contributed by atoms with Crippen LogP contribution in [0.2, 0.25) is 0 Å². The third-order valence-corrected chi connectivity index (χ3v) is 1.94. The van der Waals surface area contributed by atoms with Gasteiger partial charge in [-0.15, -0.1) is 6.58 Å². The lowest BCUT2D eigenvalue weighted by atomic mass is 10.1. The summed E-state index contributed by atoms with van der Waals surface area (Å²) in [5.41, 5.74) is 0.0451. The smallest absolute Gasteiger partial charge is 0.255 e. The Labute approximate surface area is 87.9 Å². The van der Waals surface area contributed by atoms with Crippen molar-refractivity contribution in [2.75, 3.05) is 0 Å². The van der Waals surface area contributed by atoms with Crippen LogP contribution in [0, 0.1) is 0 Å². The zero-order chi connectivity index (χ0) is 11.4. The number of aromatic hydroxyl groups is 2. The lowest BCUT2D eigenvalue weighted by Gasteiger charge is -2.10. The van der Waals surface area contributed by atoms with Crippen LogP contribution in [0.1, 0.15) is 17.3 Å². The molecule has 0 bridgehead atoms. The Morgan fingerprint density at radius 3 is 2.80 bits per heavy atom. The van der Waals surface area contributed by atoms with Crippen LogP contribution in [-0.2, 0) is 0 Å². The van der Waals surface area contributed by atoms with E-state index in [0.717, 1.165) is 0 Å². The number of phenols is 2. The SMILES string of the molecule is C=CC(C)NC(=O)c1cc(O)ccc1O. The molecule has 0 saturated carbocycles. The molecule has 0 aliphatic rings. The second kappa shape index (κ2) is 4.50.